The van der Waals surface area contributed by atoms with E-state index < -0.39 is 0 Å². The van der Waals surface area contributed by atoms with E-state index in [0.29, 0.717) is 11.1 Å². The Morgan fingerprint density at radius 2 is 1.38 bits per heavy atom. The van der Waals surface area contributed by atoms with Gasteiger partial charge >= 0.3 is 11.9 Å². The summed E-state index contributed by atoms with van der Waals surface area (Å²) in [5.74, 6) is -0.709. The smallest absolute Gasteiger partial charge is 0.338 e. The molecule has 108 valence electrons. The van der Waals surface area contributed by atoms with E-state index in [1.165, 1.54) is 14.2 Å². The van der Waals surface area contributed by atoms with E-state index in [2.05, 4.69) is 4.74 Å². The number of aryl methyl sites for hydroxylation is 1. The van der Waals surface area contributed by atoms with E-state index in [0.717, 1.165) is 16.7 Å². The quantitative estimate of drug-likeness (QED) is 0.812. The van der Waals surface area contributed by atoms with E-state index in [-0.39, 0.29) is 11.9 Å². The predicted octanol–water partition coefficient (Wildman–Crippen LogP) is 3.24. The van der Waals surface area contributed by atoms with Gasteiger partial charge in [0.1, 0.15) is 0 Å². The lowest BCUT2D eigenvalue weighted by molar-refractivity contribution is 0.0591. The minimum Gasteiger partial charge on any atom is -0.465 e. The summed E-state index contributed by atoms with van der Waals surface area (Å²) in [6, 6.07) is 12.6. The fourth-order valence-corrected chi connectivity index (χ4v) is 2.10. The number of methoxy groups -OCH3 is 2. The van der Waals surface area contributed by atoms with Crippen LogP contribution in [0, 0.1) is 6.92 Å². The number of carbonyl (C=O) groups is 2. The molecule has 0 aliphatic heterocycles. The Morgan fingerprint density at radius 1 is 0.810 bits per heavy atom. The fraction of sp³-hybridized carbons (Fsp3) is 0.176. The summed E-state index contributed by atoms with van der Waals surface area (Å²) in [5, 5.41) is 0. The Morgan fingerprint density at radius 3 is 1.90 bits per heavy atom. The van der Waals surface area contributed by atoms with Crippen LogP contribution >= 0.6 is 0 Å². The normalized spacial score (nSPS) is 10.0. The first kappa shape index (κ1) is 14.8. The van der Waals surface area contributed by atoms with Crippen LogP contribution in [0.2, 0.25) is 0 Å². The summed E-state index contributed by atoms with van der Waals surface area (Å²) < 4.78 is 9.39. The lowest BCUT2D eigenvalue weighted by Crippen LogP contribution is -2.03. The molecular formula is C17H16O4. The maximum absolute atomic E-state index is 11.6. The molecule has 2 rings (SSSR count). The van der Waals surface area contributed by atoms with Gasteiger partial charge in [-0.1, -0.05) is 24.3 Å². The number of esters is 2. The van der Waals surface area contributed by atoms with Crippen LogP contribution in [0.15, 0.2) is 42.5 Å². The van der Waals surface area contributed by atoms with Crippen molar-refractivity contribution in [2.24, 2.45) is 0 Å². The van der Waals surface area contributed by atoms with Gasteiger partial charge in [0.25, 0.3) is 0 Å². The maximum Gasteiger partial charge on any atom is 0.338 e. The number of carbonyl (C=O) groups excluding carboxylic acids is 2. The number of benzene rings is 2. The summed E-state index contributed by atoms with van der Waals surface area (Å²) in [4.78, 5) is 23.0. The van der Waals surface area contributed by atoms with Crippen LogP contribution in [0.5, 0.6) is 0 Å². The van der Waals surface area contributed by atoms with E-state index in [1.807, 2.05) is 31.2 Å². The summed E-state index contributed by atoms with van der Waals surface area (Å²) in [6.45, 7) is 1.86. The molecule has 0 fully saturated rings. The third-order valence-electron chi connectivity index (χ3n) is 3.27. The molecule has 4 heteroatoms. The molecule has 4 nitrogen and oxygen atoms in total. The van der Waals surface area contributed by atoms with E-state index >= 15 is 0 Å². The SMILES string of the molecule is COC(=O)c1ccc(-c2ccc(C(=O)OC)c(C)c2)cc1. The first-order valence-corrected chi connectivity index (χ1v) is 6.44. The van der Waals surface area contributed by atoms with Crippen LogP contribution in [-0.2, 0) is 9.47 Å². The van der Waals surface area contributed by atoms with E-state index in [1.54, 1.807) is 18.2 Å². The Balaban J connectivity index is 2.32. The predicted molar refractivity (Wildman–Crippen MR) is 79.3 cm³/mol. The van der Waals surface area contributed by atoms with Crippen LogP contribution in [-0.4, -0.2) is 26.2 Å². The van der Waals surface area contributed by atoms with Crippen LogP contribution in [0.25, 0.3) is 11.1 Å². The standard InChI is InChI=1S/C17H16O4/c1-11-10-14(8-9-15(11)17(19)21-3)12-4-6-13(7-5-12)16(18)20-2/h4-10H,1-3H3. The molecule has 0 amide bonds. The van der Waals surface area contributed by atoms with Crippen molar-refractivity contribution >= 4 is 11.9 Å². The molecule has 0 N–H and O–H groups in total. The molecule has 0 saturated carbocycles. The lowest BCUT2D eigenvalue weighted by Gasteiger charge is -2.08. The molecule has 2 aromatic rings. The Kier molecular flexibility index (Phi) is 4.38. The molecule has 2 aromatic carbocycles. The van der Waals surface area contributed by atoms with Crippen LogP contribution < -0.4 is 0 Å². The van der Waals surface area contributed by atoms with Crippen molar-refractivity contribution in [3.05, 3.63) is 59.2 Å². The average Bonchev–Trinajstić information content (AvgIpc) is 2.53. The summed E-state index contributed by atoms with van der Waals surface area (Å²) in [6.07, 6.45) is 0. The molecule has 0 aliphatic carbocycles. The van der Waals surface area contributed by atoms with Crippen LogP contribution in [0.4, 0.5) is 0 Å². The highest BCUT2D eigenvalue weighted by Gasteiger charge is 2.10. The van der Waals surface area contributed by atoms with Gasteiger partial charge in [0.05, 0.1) is 25.3 Å². The van der Waals surface area contributed by atoms with Crippen LogP contribution in [0.1, 0.15) is 26.3 Å². The molecule has 0 radical (unpaired) electrons. The van der Waals surface area contributed by atoms with Gasteiger partial charge in [-0.3, -0.25) is 0 Å². The number of hydrogen-bond acceptors (Lipinski definition) is 4. The van der Waals surface area contributed by atoms with Crippen molar-refractivity contribution in [3.63, 3.8) is 0 Å². The largest absolute Gasteiger partial charge is 0.465 e. The molecule has 0 spiro atoms. The van der Waals surface area contributed by atoms with Crippen molar-refractivity contribution in [3.8, 4) is 11.1 Å². The average molecular weight is 284 g/mol. The Bertz CT molecular complexity index is 672. The third-order valence-corrected chi connectivity index (χ3v) is 3.27. The van der Waals surface area contributed by atoms with Gasteiger partial charge < -0.3 is 9.47 Å². The minimum absolute atomic E-state index is 0.347. The molecule has 0 aromatic heterocycles. The molecule has 0 aliphatic rings. The summed E-state index contributed by atoms with van der Waals surface area (Å²) >= 11 is 0. The van der Waals surface area contributed by atoms with Crippen molar-refractivity contribution in [1.82, 2.24) is 0 Å². The summed E-state index contributed by atoms with van der Waals surface area (Å²) in [5.41, 5.74) is 3.83. The molecular weight excluding hydrogens is 268 g/mol. The third kappa shape index (κ3) is 3.11. The molecule has 0 bridgehead atoms. The Hall–Kier alpha value is -2.62. The maximum atomic E-state index is 11.6. The highest BCUT2D eigenvalue weighted by atomic mass is 16.5. The fourth-order valence-electron chi connectivity index (χ4n) is 2.10. The van der Waals surface area contributed by atoms with Crippen molar-refractivity contribution < 1.29 is 19.1 Å². The van der Waals surface area contributed by atoms with Crippen molar-refractivity contribution in [2.75, 3.05) is 14.2 Å². The van der Waals surface area contributed by atoms with Gasteiger partial charge in [0, 0.05) is 0 Å². The molecule has 0 heterocycles. The zero-order chi connectivity index (χ0) is 15.4. The van der Waals surface area contributed by atoms with Gasteiger partial charge in [-0.25, -0.2) is 9.59 Å². The van der Waals surface area contributed by atoms with Gasteiger partial charge in [-0.2, -0.15) is 0 Å². The van der Waals surface area contributed by atoms with Crippen molar-refractivity contribution in [1.29, 1.82) is 0 Å². The molecule has 0 atom stereocenters. The van der Waals surface area contributed by atoms with Gasteiger partial charge in [-0.15, -0.1) is 0 Å². The highest BCUT2D eigenvalue weighted by molar-refractivity contribution is 5.92. The topological polar surface area (TPSA) is 52.6 Å². The first-order chi connectivity index (χ1) is 10.1. The molecule has 0 saturated heterocycles. The second kappa shape index (κ2) is 6.22. The second-order valence-corrected chi connectivity index (χ2v) is 4.59. The van der Waals surface area contributed by atoms with Gasteiger partial charge in [-0.05, 0) is 41.8 Å². The minimum atomic E-state index is -0.362. The van der Waals surface area contributed by atoms with Gasteiger partial charge in [0.15, 0.2) is 0 Å². The van der Waals surface area contributed by atoms with E-state index in [4.69, 9.17) is 4.74 Å². The number of rotatable bonds is 3. The number of hydrogen-bond donors (Lipinski definition) is 0. The number of ether oxygens (including phenoxy) is 2. The van der Waals surface area contributed by atoms with E-state index in [9.17, 15) is 9.59 Å². The summed E-state index contributed by atoms with van der Waals surface area (Å²) in [7, 11) is 2.71. The molecule has 21 heavy (non-hydrogen) atoms. The monoisotopic (exact) mass is 284 g/mol. The second-order valence-electron chi connectivity index (χ2n) is 4.59. The zero-order valence-electron chi connectivity index (χ0n) is 12.2. The first-order valence-electron chi connectivity index (χ1n) is 6.44. The van der Waals surface area contributed by atoms with Crippen molar-refractivity contribution in [2.45, 2.75) is 6.92 Å². The van der Waals surface area contributed by atoms with Gasteiger partial charge in [0.2, 0.25) is 0 Å². The zero-order valence-corrected chi connectivity index (χ0v) is 12.2. The lowest BCUT2D eigenvalue weighted by atomic mass is 9.99. The Labute approximate surface area is 123 Å². The van der Waals surface area contributed by atoms with Crippen LogP contribution in [0.3, 0.4) is 0 Å². The highest BCUT2D eigenvalue weighted by Crippen LogP contribution is 2.23. The molecule has 0 unspecified atom stereocenters.